The first-order valence-electron chi connectivity index (χ1n) is 34.3. The predicted molar refractivity (Wildman–Crippen MR) is 406 cm³/mol. The van der Waals surface area contributed by atoms with Crippen LogP contribution in [0.2, 0.25) is 0 Å². The topological polar surface area (TPSA) is 313 Å². The summed E-state index contributed by atoms with van der Waals surface area (Å²) in [5.74, 6) is -1.04. The average Bonchev–Trinajstić information content (AvgIpc) is 1.57. The Morgan fingerprint density at radius 2 is 0.832 bits per heavy atom. The van der Waals surface area contributed by atoms with Crippen LogP contribution in [0.1, 0.15) is 122 Å². The minimum absolute atomic E-state index is 0. The lowest BCUT2D eigenvalue weighted by Crippen LogP contribution is -2.45. The second-order valence-corrected chi connectivity index (χ2v) is 25.8. The van der Waals surface area contributed by atoms with E-state index in [-0.39, 0.29) is 66.9 Å². The molecule has 0 spiro atoms. The molecule has 7 heterocycles. The van der Waals surface area contributed by atoms with E-state index in [9.17, 15) is 28.8 Å². The van der Waals surface area contributed by atoms with E-state index in [1.807, 2.05) is 132 Å². The summed E-state index contributed by atoms with van der Waals surface area (Å²) in [5, 5.41) is 8.33. The number of amides is 6. The SMILES string of the molecule is CN(C)CCN(C)C(=O)c1ccc(-c2cnc(N)c(C(=O)Nc3ccccc3)n2)cc1.Nc1ncc(-c2ccc(C(=O)N3CCC(N4CCCC4)CC3)cc2)nc1C(=O)Nc1ccccc1.Nc1ncc(-c2ccc(C(=O)N3CCC[C@@H]3CN3CCCC3)cc2)nc1C(=O)Nc1ccccc1.[HH].[HH].[HH].[HH].[HH].[HH]. The molecule has 24 nitrogen and oxygen atoms in total. The number of nitrogens with one attached hydrogen (secondary N) is 3. The molecule has 101 heavy (non-hydrogen) atoms. The van der Waals surface area contributed by atoms with E-state index in [2.05, 4.69) is 55.7 Å². The van der Waals surface area contributed by atoms with E-state index in [0.717, 1.165) is 88.2 Å². The number of aromatic nitrogens is 6. The molecule has 1 atom stereocenters. The quantitative estimate of drug-likeness (QED) is 0.0465. The highest BCUT2D eigenvalue weighted by Crippen LogP contribution is 2.29. The highest BCUT2D eigenvalue weighted by atomic mass is 16.2. The Morgan fingerprint density at radius 3 is 1.24 bits per heavy atom. The third kappa shape index (κ3) is 18.7. The van der Waals surface area contributed by atoms with Gasteiger partial charge in [-0.2, -0.15) is 0 Å². The van der Waals surface area contributed by atoms with Crippen molar-refractivity contribution in [2.45, 2.75) is 63.5 Å². The average molecular weight is 1370 g/mol. The van der Waals surface area contributed by atoms with Gasteiger partial charge in [-0.3, -0.25) is 28.8 Å². The molecule has 0 unspecified atom stereocenters. The number of benzene rings is 6. The molecular formula is C77H98N18O6. The molecule has 0 bridgehead atoms. The monoisotopic (exact) mass is 1370 g/mol. The Kier molecular flexibility index (Phi) is 23.9. The van der Waals surface area contributed by atoms with E-state index < -0.39 is 17.7 Å². The Morgan fingerprint density at radius 1 is 0.446 bits per heavy atom. The molecule has 9 aromatic rings. The molecule has 4 saturated heterocycles. The van der Waals surface area contributed by atoms with Crippen LogP contribution in [0.4, 0.5) is 34.5 Å². The van der Waals surface area contributed by atoms with Gasteiger partial charge in [0.25, 0.3) is 35.4 Å². The van der Waals surface area contributed by atoms with Gasteiger partial charge in [0.05, 0.1) is 35.7 Å². The van der Waals surface area contributed by atoms with Crippen molar-refractivity contribution in [3.63, 3.8) is 0 Å². The number of hydrogen-bond acceptors (Lipinski definition) is 18. The number of hydrogen-bond donors (Lipinski definition) is 6. The maximum atomic E-state index is 13.3. The first-order chi connectivity index (χ1) is 49.0. The Balaban J connectivity index is 0.000000281. The minimum Gasteiger partial charge on any atom is -0.382 e. The number of rotatable bonds is 18. The van der Waals surface area contributed by atoms with Crippen molar-refractivity contribution >= 4 is 70.0 Å². The van der Waals surface area contributed by atoms with Crippen LogP contribution in [0.15, 0.2) is 182 Å². The Labute approximate surface area is 597 Å². The van der Waals surface area contributed by atoms with Gasteiger partial charge >= 0.3 is 0 Å². The molecule has 4 aliphatic heterocycles. The number of nitrogens with zero attached hydrogens (tertiary/aromatic N) is 12. The third-order valence-corrected chi connectivity index (χ3v) is 18.4. The van der Waals surface area contributed by atoms with E-state index >= 15 is 0 Å². The number of likely N-dealkylation sites (N-methyl/N-ethyl adjacent to an activating group) is 2. The lowest BCUT2D eigenvalue weighted by molar-refractivity contribution is 0.0643. The number of likely N-dealkylation sites (tertiary alicyclic amines) is 4. The maximum absolute atomic E-state index is 13.3. The number of piperidine rings is 1. The van der Waals surface area contributed by atoms with Gasteiger partial charge < -0.3 is 62.6 Å². The number of anilines is 6. The van der Waals surface area contributed by atoms with Crippen molar-refractivity contribution in [1.82, 2.24) is 59.3 Å². The number of carbonyl (C=O) groups is 6. The van der Waals surface area contributed by atoms with Gasteiger partial charge in [-0.15, -0.1) is 0 Å². The summed E-state index contributed by atoms with van der Waals surface area (Å²) in [6, 6.07) is 49.9. The number of carbonyl (C=O) groups excluding carboxylic acids is 6. The number of nitrogens with two attached hydrogens (primary N) is 3. The molecule has 24 heteroatoms. The van der Waals surface area contributed by atoms with Gasteiger partial charge in [0.15, 0.2) is 34.5 Å². The second kappa shape index (κ2) is 33.9. The zero-order chi connectivity index (χ0) is 70.8. The molecule has 0 aliphatic carbocycles. The lowest BCUT2D eigenvalue weighted by Gasteiger charge is -2.36. The Bertz CT molecular complexity index is 4340. The van der Waals surface area contributed by atoms with Crippen molar-refractivity contribution in [3.8, 4) is 33.8 Å². The van der Waals surface area contributed by atoms with Crippen LogP contribution in [0.5, 0.6) is 0 Å². The largest absolute Gasteiger partial charge is 0.382 e. The molecule has 6 aromatic carbocycles. The summed E-state index contributed by atoms with van der Waals surface area (Å²) >= 11 is 0. The summed E-state index contributed by atoms with van der Waals surface area (Å²) in [6.45, 7) is 9.47. The first-order valence-corrected chi connectivity index (χ1v) is 34.3. The Hall–Kier alpha value is -11.3. The van der Waals surface area contributed by atoms with Crippen molar-refractivity contribution in [1.29, 1.82) is 0 Å². The maximum Gasteiger partial charge on any atom is 0.278 e. The normalized spacial score (nSPS) is 15.4. The fourth-order valence-electron chi connectivity index (χ4n) is 12.7. The first kappa shape index (κ1) is 71.0. The molecule has 4 aliphatic rings. The van der Waals surface area contributed by atoms with E-state index in [1.54, 1.807) is 72.6 Å². The molecule has 532 valence electrons. The zero-order valence-corrected chi connectivity index (χ0v) is 57.3. The fraction of sp³-hybridized carbons (Fsp3) is 0.299. The molecule has 9 N–H and O–H groups in total. The second-order valence-electron chi connectivity index (χ2n) is 25.8. The molecule has 4 fully saturated rings. The van der Waals surface area contributed by atoms with Crippen molar-refractivity contribution < 1.29 is 37.3 Å². The molecular weight excluding hydrogens is 1270 g/mol. The van der Waals surface area contributed by atoms with Gasteiger partial charge in [0.2, 0.25) is 0 Å². The van der Waals surface area contributed by atoms with Crippen LogP contribution in [0.25, 0.3) is 33.8 Å². The molecule has 0 radical (unpaired) electrons. The summed E-state index contributed by atoms with van der Waals surface area (Å²) in [6.07, 6.45) is 13.9. The summed E-state index contributed by atoms with van der Waals surface area (Å²) in [7, 11) is 5.72. The smallest absolute Gasteiger partial charge is 0.278 e. The fourth-order valence-corrected chi connectivity index (χ4v) is 12.7. The van der Waals surface area contributed by atoms with Crippen molar-refractivity contribution in [3.05, 3.63) is 216 Å². The molecule has 3 aromatic heterocycles. The van der Waals surface area contributed by atoms with Gasteiger partial charge in [0.1, 0.15) is 0 Å². The van der Waals surface area contributed by atoms with E-state index in [1.165, 1.54) is 57.4 Å². The summed E-state index contributed by atoms with van der Waals surface area (Å²) in [4.78, 5) is 115. The summed E-state index contributed by atoms with van der Waals surface area (Å²) in [5.41, 5.74) is 25.5. The van der Waals surface area contributed by atoms with Crippen LogP contribution in [-0.4, -0.2) is 193 Å². The molecule has 6 amide bonds. The zero-order valence-electron chi connectivity index (χ0n) is 57.3. The number of nitrogen functional groups attached to an aromatic ring is 3. The van der Waals surface area contributed by atoms with Crippen LogP contribution in [0.3, 0.4) is 0 Å². The molecule has 13 rings (SSSR count). The van der Waals surface area contributed by atoms with Crippen molar-refractivity contribution in [2.75, 3.05) is 120 Å². The van der Waals surface area contributed by atoms with Crippen molar-refractivity contribution in [2.24, 2.45) is 0 Å². The highest BCUT2D eigenvalue weighted by molar-refractivity contribution is 6.08. The predicted octanol–water partition coefficient (Wildman–Crippen LogP) is 11.4. The lowest BCUT2D eigenvalue weighted by atomic mass is 10.0. The van der Waals surface area contributed by atoms with Crippen LogP contribution >= 0.6 is 0 Å². The van der Waals surface area contributed by atoms with Gasteiger partial charge in [-0.1, -0.05) is 91.0 Å². The van der Waals surface area contributed by atoms with E-state index in [0.29, 0.717) is 63.4 Å². The van der Waals surface area contributed by atoms with Gasteiger partial charge in [-0.25, -0.2) is 29.9 Å². The van der Waals surface area contributed by atoms with E-state index in [4.69, 9.17) is 17.2 Å². The van der Waals surface area contributed by atoms with Crippen LogP contribution < -0.4 is 33.2 Å². The summed E-state index contributed by atoms with van der Waals surface area (Å²) < 4.78 is 0. The third-order valence-electron chi connectivity index (χ3n) is 18.4. The van der Waals surface area contributed by atoms with Gasteiger partial charge in [-0.05, 0) is 164 Å². The van der Waals surface area contributed by atoms with Gasteiger partial charge in [0, 0.05) is 117 Å². The highest BCUT2D eigenvalue weighted by Gasteiger charge is 2.33. The van der Waals surface area contributed by atoms with Crippen LogP contribution in [0, 0.1) is 0 Å². The van der Waals surface area contributed by atoms with Crippen LogP contribution in [-0.2, 0) is 0 Å². The minimum atomic E-state index is -0.438. The number of para-hydroxylation sites is 3. The standard InChI is InChI=1S/2C27H30N6O2.C23H26N6O2.6H2/c28-25-24(26(34)30-21-7-2-1-3-8-21)31-23(17-29-25)19-10-12-20(13-11-19)27(35)33-16-6-9-22(33)18-32-14-4-5-15-32;28-25-24(26(34)30-21-6-2-1-3-7-21)31-23(18-29-25)19-8-10-20(11-9-19)27(35)33-16-12-22(13-17-33)32-14-4-5-15-32;1-28(2)13-14-29(3)23(31)17-11-9-16(10-12-17)19-15-25-21(24)20(27-19)22(30)26-18-7-5-4-6-8-18;;;;;;/h1-3,7-8,10-13,17,22H,4-6,9,14-16,18H2,(H2,28,29)(H,30,34);1-3,6-11,18,22H,4-5,12-17H2,(H2,28,29)(H,30,34);4-12,15H,13-14H2,1-3H3,(H2,24,25)(H,26,30);6*1H/t22-;;;;;;;;/m1......../s1. The molecule has 0 saturated carbocycles.